The lowest BCUT2D eigenvalue weighted by molar-refractivity contribution is -0.152. The lowest BCUT2D eigenvalue weighted by Crippen LogP contribution is -2.58. The Morgan fingerprint density at radius 3 is 2.53 bits per heavy atom. The first-order valence-corrected chi connectivity index (χ1v) is 5.25. The standard InChI is InChI=1S/C11H16N2O4/c1-4-17-10(16)11(7-12,13-9(3)15)8(2)5-6-14/h6,8H,4-5H2,1-3H3,(H,13,15)/t8-,11-/m0/s1. The van der Waals surface area contributed by atoms with Gasteiger partial charge in [-0.15, -0.1) is 0 Å². The average molecular weight is 240 g/mol. The van der Waals surface area contributed by atoms with Crippen LogP contribution in [0.25, 0.3) is 0 Å². The van der Waals surface area contributed by atoms with Crippen molar-refractivity contribution in [3.05, 3.63) is 0 Å². The van der Waals surface area contributed by atoms with Crippen LogP contribution in [-0.4, -0.2) is 30.3 Å². The van der Waals surface area contributed by atoms with Crippen LogP contribution in [0, 0.1) is 17.2 Å². The number of nitriles is 1. The van der Waals surface area contributed by atoms with Crippen LogP contribution in [0.3, 0.4) is 0 Å². The predicted octanol–water partition coefficient (Wildman–Crippen LogP) is 0.173. The second-order valence-electron chi connectivity index (χ2n) is 3.62. The molecule has 0 aromatic carbocycles. The molecule has 0 saturated carbocycles. The molecule has 0 heterocycles. The van der Waals surface area contributed by atoms with E-state index in [1.807, 2.05) is 0 Å². The highest BCUT2D eigenvalue weighted by Gasteiger charge is 2.46. The summed E-state index contributed by atoms with van der Waals surface area (Å²) >= 11 is 0. The molecule has 17 heavy (non-hydrogen) atoms. The smallest absolute Gasteiger partial charge is 0.347 e. The second kappa shape index (κ2) is 6.63. The van der Waals surface area contributed by atoms with E-state index in [-0.39, 0.29) is 13.0 Å². The average Bonchev–Trinajstić information content (AvgIpc) is 2.26. The molecule has 6 nitrogen and oxygen atoms in total. The number of esters is 1. The molecule has 0 rings (SSSR count). The first-order chi connectivity index (χ1) is 7.94. The van der Waals surface area contributed by atoms with Crippen LogP contribution in [0.5, 0.6) is 0 Å². The summed E-state index contributed by atoms with van der Waals surface area (Å²) in [5, 5.41) is 11.4. The van der Waals surface area contributed by atoms with Crippen molar-refractivity contribution in [1.29, 1.82) is 5.26 Å². The van der Waals surface area contributed by atoms with Crippen LogP contribution < -0.4 is 5.32 Å². The summed E-state index contributed by atoms with van der Waals surface area (Å²) < 4.78 is 4.77. The van der Waals surface area contributed by atoms with E-state index in [0.29, 0.717) is 6.29 Å². The van der Waals surface area contributed by atoms with E-state index in [1.54, 1.807) is 13.0 Å². The molecule has 0 aliphatic rings. The first-order valence-electron chi connectivity index (χ1n) is 5.25. The second-order valence-corrected chi connectivity index (χ2v) is 3.62. The molecule has 0 aliphatic carbocycles. The summed E-state index contributed by atoms with van der Waals surface area (Å²) in [7, 11) is 0. The Hall–Kier alpha value is -1.90. The Labute approximate surface area is 99.9 Å². The number of nitrogens with zero attached hydrogens (tertiary/aromatic N) is 1. The van der Waals surface area contributed by atoms with Crippen LogP contribution in [0.2, 0.25) is 0 Å². The number of amides is 1. The van der Waals surface area contributed by atoms with Gasteiger partial charge in [-0.25, -0.2) is 4.79 Å². The van der Waals surface area contributed by atoms with Crippen molar-refractivity contribution in [2.24, 2.45) is 5.92 Å². The van der Waals surface area contributed by atoms with Crippen LogP contribution in [0.15, 0.2) is 0 Å². The molecule has 0 aromatic rings. The molecule has 2 atom stereocenters. The molecule has 0 spiro atoms. The van der Waals surface area contributed by atoms with E-state index in [4.69, 9.17) is 10.00 Å². The fourth-order valence-corrected chi connectivity index (χ4v) is 1.40. The van der Waals surface area contributed by atoms with Crippen molar-refractivity contribution >= 4 is 18.2 Å². The number of hydrogen-bond donors (Lipinski definition) is 1. The van der Waals surface area contributed by atoms with Gasteiger partial charge in [-0.1, -0.05) is 6.92 Å². The molecular weight excluding hydrogens is 224 g/mol. The summed E-state index contributed by atoms with van der Waals surface area (Å²) in [4.78, 5) is 33.3. The van der Waals surface area contributed by atoms with Crippen molar-refractivity contribution in [3.63, 3.8) is 0 Å². The van der Waals surface area contributed by atoms with E-state index in [2.05, 4.69) is 5.32 Å². The van der Waals surface area contributed by atoms with Gasteiger partial charge >= 0.3 is 5.97 Å². The SMILES string of the molecule is CCOC(=O)[C@@](C#N)(NC(C)=O)[C@@H](C)CC=O. The van der Waals surface area contributed by atoms with Crippen LogP contribution in [0.4, 0.5) is 0 Å². The number of carbonyl (C=O) groups is 3. The highest BCUT2D eigenvalue weighted by atomic mass is 16.5. The monoisotopic (exact) mass is 240 g/mol. The Balaban J connectivity index is 5.28. The van der Waals surface area contributed by atoms with Gasteiger partial charge in [0.1, 0.15) is 12.4 Å². The maximum absolute atomic E-state index is 11.8. The zero-order valence-corrected chi connectivity index (χ0v) is 10.1. The fraction of sp³-hybridized carbons (Fsp3) is 0.636. The zero-order chi connectivity index (χ0) is 13.5. The number of aldehydes is 1. The van der Waals surface area contributed by atoms with E-state index in [1.165, 1.54) is 13.8 Å². The molecule has 0 aliphatic heterocycles. The molecule has 0 unspecified atom stereocenters. The van der Waals surface area contributed by atoms with Crippen molar-refractivity contribution in [1.82, 2.24) is 5.32 Å². The molecule has 6 heteroatoms. The van der Waals surface area contributed by atoms with Gasteiger partial charge in [-0.3, -0.25) is 4.79 Å². The quantitative estimate of drug-likeness (QED) is 0.527. The lowest BCUT2D eigenvalue weighted by Gasteiger charge is -2.29. The van der Waals surface area contributed by atoms with E-state index in [0.717, 1.165) is 0 Å². The summed E-state index contributed by atoms with van der Waals surface area (Å²) in [6.07, 6.45) is 0.574. The Morgan fingerprint density at radius 1 is 1.59 bits per heavy atom. The van der Waals surface area contributed by atoms with Crippen LogP contribution in [0.1, 0.15) is 27.2 Å². The Bertz CT molecular complexity index is 348. The lowest BCUT2D eigenvalue weighted by atomic mass is 9.84. The van der Waals surface area contributed by atoms with Crippen LogP contribution in [-0.2, 0) is 19.1 Å². The van der Waals surface area contributed by atoms with Gasteiger partial charge in [0.15, 0.2) is 0 Å². The summed E-state index contributed by atoms with van der Waals surface area (Å²) in [6.45, 7) is 4.41. The van der Waals surface area contributed by atoms with E-state index in [9.17, 15) is 14.4 Å². The molecule has 0 fully saturated rings. The van der Waals surface area contributed by atoms with Crippen molar-refractivity contribution < 1.29 is 19.1 Å². The van der Waals surface area contributed by atoms with E-state index < -0.39 is 23.3 Å². The number of ether oxygens (including phenoxy) is 1. The highest BCUT2D eigenvalue weighted by Crippen LogP contribution is 2.21. The summed E-state index contributed by atoms with van der Waals surface area (Å²) in [5.41, 5.74) is -1.80. The van der Waals surface area contributed by atoms with Gasteiger partial charge < -0.3 is 14.8 Å². The third-order valence-electron chi connectivity index (χ3n) is 2.34. The van der Waals surface area contributed by atoms with Crippen molar-refractivity contribution in [2.75, 3.05) is 6.61 Å². The van der Waals surface area contributed by atoms with Gasteiger partial charge in [0.05, 0.1) is 6.61 Å². The van der Waals surface area contributed by atoms with Gasteiger partial charge in [0.25, 0.3) is 0 Å². The maximum Gasteiger partial charge on any atom is 0.347 e. The number of carbonyl (C=O) groups excluding carboxylic acids is 3. The zero-order valence-electron chi connectivity index (χ0n) is 10.1. The van der Waals surface area contributed by atoms with Gasteiger partial charge in [-0.05, 0) is 6.92 Å². The third-order valence-corrected chi connectivity index (χ3v) is 2.34. The fourth-order valence-electron chi connectivity index (χ4n) is 1.40. The highest BCUT2D eigenvalue weighted by molar-refractivity contribution is 5.90. The molecule has 1 N–H and O–H groups in total. The minimum atomic E-state index is -1.80. The summed E-state index contributed by atoms with van der Waals surface area (Å²) in [5.74, 6) is -2.03. The Kier molecular flexibility index (Phi) is 5.89. The molecule has 1 amide bonds. The number of nitrogens with one attached hydrogen (secondary N) is 1. The van der Waals surface area contributed by atoms with Gasteiger partial charge in [0, 0.05) is 19.3 Å². The molecule has 0 saturated heterocycles. The van der Waals surface area contributed by atoms with Crippen LogP contribution >= 0.6 is 0 Å². The molecule has 0 radical (unpaired) electrons. The predicted molar refractivity (Wildman–Crippen MR) is 58.6 cm³/mol. The molecule has 0 bridgehead atoms. The van der Waals surface area contributed by atoms with Crippen molar-refractivity contribution in [3.8, 4) is 6.07 Å². The minimum Gasteiger partial charge on any atom is -0.463 e. The summed E-state index contributed by atoms with van der Waals surface area (Å²) in [6, 6.07) is 1.75. The van der Waals surface area contributed by atoms with Crippen molar-refractivity contribution in [2.45, 2.75) is 32.7 Å². The molecule has 94 valence electrons. The van der Waals surface area contributed by atoms with Gasteiger partial charge in [0.2, 0.25) is 11.4 Å². The molecule has 0 aromatic heterocycles. The van der Waals surface area contributed by atoms with E-state index >= 15 is 0 Å². The maximum atomic E-state index is 11.8. The normalized spacial score (nSPS) is 14.9. The first kappa shape index (κ1) is 15.1. The minimum absolute atomic E-state index is 0.0212. The topological polar surface area (TPSA) is 96.3 Å². The van der Waals surface area contributed by atoms with Gasteiger partial charge in [-0.2, -0.15) is 5.26 Å². The largest absolute Gasteiger partial charge is 0.463 e. The number of hydrogen-bond acceptors (Lipinski definition) is 5. The molecular formula is C11H16N2O4. The Morgan fingerprint density at radius 2 is 2.18 bits per heavy atom. The number of rotatable bonds is 6. The third kappa shape index (κ3) is 3.55.